The molecule has 37 heavy (non-hydrogen) atoms. The number of amides is 2. The maximum absolute atomic E-state index is 13.4. The topological polar surface area (TPSA) is 71.1 Å². The van der Waals surface area contributed by atoms with Gasteiger partial charge in [-0.2, -0.15) is 0 Å². The minimum Gasteiger partial charge on any atom is -0.497 e. The summed E-state index contributed by atoms with van der Waals surface area (Å²) < 4.78 is 10.2. The third-order valence-electron chi connectivity index (χ3n) is 7.54. The van der Waals surface area contributed by atoms with Gasteiger partial charge in [0.2, 0.25) is 11.8 Å². The van der Waals surface area contributed by atoms with Gasteiger partial charge in [0.25, 0.3) is 0 Å². The molecule has 2 amide bonds. The van der Waals surface area contributed by atoms with Crippen LogP contribution < -0.4 is 10.1 Å². The summed E-state index contributed by atoms with van der Waals surface area (Å²) >= 11 is 6.21. The number of halogens is 2. The molecule has 2 fully saturated rings. The highest BCUT2D eigenvalue weighted by Crippen LogP contribution is 2.42. The molecular weight excluding hydrogens is 513 g/mol. The number of rotatable bonds is 10. The molecule has 202 valence electrons. The van der Waals surface area contributed by atoms with Crippen molar-refractivity contribution in [2.24, 2.45) is 5.41 Å². The molecule has 9 heteroatoms. The SMILES string of the molecule is COCC(=O)NC(CCN1CCC2(CC1)CCN(Cc1ccc(OC)cc1)C2=O)c1cccc(Cl)c1.Cl. The van der Waals surface area contributed by atoms with Gasteiger partial charge in [-0.1, -0.05) is 35.9 Å². The number of ether oxygens (including phenoxy) is 2. The van der Waals surface area contributed by atoms with Crippen LogP contribution in [0.2, 0.25) is 5.02 Å². The van der Waals surface area contributed by atoms with Crippen LogP contribution in [0.5, 0.6) is 5.75 Å². The van der Waals surface area contributed by atoms with Gasteiger partial charge >= 0.3 is 0 Å². The molecule has 0 saturated carbocycles. The zero-order valence-electron chi connectivity index (χ0n) is 21.6. The molecule has 1 N–H and O–H groups in total. The van der Waals surface area contributed by atoms with Crippen LogP contribution in [0.4, 0.5) is 0 Å². The van der Waals surface area contributed by atoms with E-state index in [1.807, 2.05) is 53.4 Å². The average Bonchev–Trinajstić information content (AvgIpc) is 3.18. The number of methoxy groups -OCH3 is 2. The first-order valence-corrected chi connectivity index (χ1v) is 13.0. The lowest BCUT2D eigenvalue weighted by Gasteiger charge is -2.38. The van der Waals surface area contributed by atoms with E-state index < -0.39 is 0 Å². The van der Waals surface area contributed by atoms with E-state index >= 15 is 0 Å². The van der Waals surface area contributed by atoms with Gasteiger partial charge in [-0.05, 0) is 74.2 Å². The summed E-state index contributed by atoms with van der Waals surface area (Å²) in [6, 6.07) is 15.4. The molecule has 2 aromatic carbocycles. The first kappa shape index (κ1) is 29.2. The van der Waals surface area contributed by atoms with Crippen LogP contribution in [0.25, 0.3) is 0 Å². The number of nitrogens with zero attached hydrogens (tertiary/aromatic N) is 2. The Balaban J connectivity index is 0.00000380. The molecule has 2 aromatic rings. The predicted octanol–water partition coefficient (Wildman–Crippen LogP) is 4.48. The number of hydrogen-bond donors (Lipinski definition) is 1. The molecule has 0 bridgehead atoms. The van der Waals surface area contributed by atoms with Crippen LogP contribution >= 0.6 is 24.0 Å². The van der Waals surface area contributed by atoms with E-state index in [2.05, 4.69) is 10.2 Å². The molecule has 4 rings (SSSR count). The van der Waals surface area contributed by atoms with Crippen molar-refractivity contribution < 1.29 is 19.1 Å². The lowest BCUT2D eigenvalue weighted by Crippen LogP contribution is -2.45. The Morgan fingerprint density at radius 2 is 1.78 bits per heavy atom. The summed E-state index contributed by atoms with van der Waals surface area (Å²) in [5.74, 6) is 0.974. The van der Waals surface area contributed by atoms with Gasteiger partial charge < -0.3 is 24.6 Å². The Bertz CT molecular complexity index is 1040. The highest BCUT2D eigenvalue weighted by Gasteiger charge is 2.47. The Morgan fingerprint density at radius 3 is 2.43 bits per heavy atom. The Morgan fingerprint density at radius 1 is 1.08 bits per heavy atom. The fourth-order valence-corrected chi connectivity index (χ4v) is 5.59. The molecule has 2 aliphatic heterocycles. The van der Waals surface area contributed by atoms with Crippen molar-refractivity contribution in [1.82, 2.24) is 15.1 Å². The summed E-state index contributed by atoms with van der Waals surface area (Å²) in [5.41, 5.74) is 1.88. The molecule has 0 aliphatic carbocycles. The van der Waals surface area contributed by atoms with Crippen molar-refractivity contribution >= 4 is 35.8 Å². The molecule has 1 spiro atoms. The predicted molar refractivity (Wildman–Crippen MR) is 147 cm³/mol. The highest BCUT2D eigenvalue weighted by molar-refractivity contribution is 6.30. The average molecular weight is 551 g/mol. The van der Waals surface area contributed by atoms with Crippen LogP contribution in [0, 0.1) is 5.41 Å². The van der Waals surface area contributed by atoms with Crippen molar-refractivity contribution in [2.75, 3.05) is 47.0 Å². The fourth-order valence-electron chi connectivity index (χ4n) is 5.39. The molecule has 0 aromatic heterocycles. The lowest BCUT2D eigenvalue weighted by atomic mass is 9.77. The molecule has 2 aliphatic rings. The summed E-state index contributed by atoms with van der Waals surface area (Å²) in [5, 5.41) is 3.73. The van der Waals surface area contributed by atoms with Gasteiger partial charge in [0.05, 0.1) is 18.6 Å². The van der Waals surface area contributed by atoms with Gasteiger partial charge in [0.1, 0.15) is 12.4 Å². The fraction of sp³-hybridized carbons (Fsp3) is 0.500. The van der Waals surface area contributed by atoms with E-state index in [-0.39, 0.29) is 36.4 Å². The van der Waals surface area contributed by atoms with Crippen molar-refractivity contribution in [2.45, 2.75) is 38.3 Å². The third-order valence-corrected chi connectivity index (χ3v) is 7.78. The van der Waals surface area contributed by atoms with E-state index in [4.69, 9.17) is 21.1 Å². The van der Waals surface area contributed by atoms with E-state index in [1.54, 1.807) is 7.11 Å². The number of carbonyl (C=O) groups excluding carboxylic acids is 2. The zero-order chi connectivity index (χ0) is 25.5. The molecule has 2 saturated heterocycles. The number of likely N-dealkylation sites (tertiary alicyclic amines) is 2. The van der Waals surface area contributed by atoms with Crippen molar-refractivity contribution in [3.05, 3.63) is 64.7 Å². The highest BCUT2D eigenvalue weighted by atomic mass is 35.5. The Hall–Kier alpha value is -2.32. The van der Waals surface area contributed by atoms with E-state index in [0.717, 1.165) is 68.7 Å². The van der Waals surface area contributed by atoms with E-state index in [9.17, 15) is 9.59 Å². The van der Waals surface area contributed by atoms with Crippen LogP contribution in [0.15, 0.2) is 48.5 Å². The second-order valence-corrected chi connectivity index (χ2v) is 10.3. The number of hydrogen-bond acceptors (Lipinski definition) is 5. The number of carbonyl (C=O) groups is 2. The molecule has 1 atom stereocenters. The second kappa shape index (κ2) is 13.5. The summed E-state index contributed by atoms with van der Waals surface area (Å²) in [7, 11) is 3.17. The monoisotopic (exact) mass is 549 g/mol. The van der Waals surface area contributed by atoms with Crippen LogP contribution in [-0.4, -0.2) is 68.6 Å². The maximum Gasteiger partial charge on any atom is 0.246 e. The zero-order valence-corrected chi connectivity index (χ0v) is 23.2. The first-order valence-electron chi connectivity index (χ1n) is 12.6. The van der Waals surface area contributed by atoms with E-state index in [0.29, 0.717) is 17.5 Å². The van der Waals surface area contributed by atoms with Crippen molar-refractivity contribution in [3.8, 4) is 5.75 Å². The van der Waals surface area contributed by atoms with Crippen LogP contribution in [0.3, 0.4) is 0 Å². The van der Waals surface area contributed by atoms with Gasteiger partial charge in [-0.25, -0.2) is 0 Å². The first-order chi connectivity index (χ1) is 17.4. The summed E-state index contributed by atoms with van der Waals surface area (Å²) in [6.45, 7) is 4.10. The quantitative estimate of drug-likeness (QED) is 0.473. The summed E-state index contributed by atoms with van der Waals surface area (Å²) in [4.78, 5) is 30.0. The third kappa shape index (κ3) is 7.38. The Kier molecular flexibility index (Phi) is 10.6. The standard InChI is InChI=1S/C28H36ClN3O4.ClH/c1-35-20-26(33)30-25(22-4-3-5-23(29)18-22)10-14-31-15-11-28(12-16-31)13-17-32(27(28)34)19-21-6-8-24(36-2)9-7-21;/h3-9,18,25H,10-17,19-20H2,1-2H3,(H,30,33);1H. The second-order valence-electron chi connectivity index (χ2n) is 9.84. The lowest BCUT2D eigenvalue weighted by molar-refractivity contribution is -0.139. The summed E-state index contributed by atoms with van der Waals surface area (Å²) in [6.07, 6.45) is 3.44. The molecule has 2 heterocycles. The minimum absolute atomic E-state index is 0. The normalized spacial score (nSPS) is 17.9. The van der Waals surface area contributed by atoms with Gasteiger partial charge in [-0.3, -0.25) is 9.59 Å². The smallest absolute Gasteiger partial charge is 0.246 e. The number of nitrogens with one attached hydrogen (secondary N) is 1. The molecular formula is C28H37Cl2N3O4. The minimum atomic E-state index is -0.234. The van der Waals surface area contributed by atoms with Gasteiger partial charge in [0, 0.05) is 31.8 Å². The largest absolute Gasteiger partial charge is 0.497 e. The Labute approximate surface area is 230 Å². The molecule has 1 unspecified atom stereocenters. The van der Waals surface area contributed by atoms with E-state index in [1.165, 1.54) is 7.11 Å². The maximum atomic E-state index is 13.4. The van der Waals surface area contributed by atoms with Gasteiger partial charge in [-0.15, -0.1) is 12.4 Å². The molecule has 7 nitrogen and oxygen atoms in total. The number of benzene rings is 2. The van der Waals surface area contributed by atoms with Crippen LogP contribution in [-0.2, 0) is 20.9 Å². The van der Waals surface area contributed by atoms with Crippen LogP contribution in [0.1, 0.15) is 42.9 Å². The van der Waals surface area contributed by atoms with Gasteiger partial charge in [0.15, 0.2) is 0 Å². The van der Waals surface area contributed by atoms with Crippen molar-refractivity contribution in [1.29, 1.82) is 0 Å². The number of piperidine rings is 1. The van der Waals surface area contributed by atoms with Crippen molar-refractivity contribution in [3.63, 3.8) is 0 Å². The molecule has 0 radical (unpaired) electrons.